The van der Waals surface area contributed by atoms with Crippen molar-refractivity contribution >= 4 is 6.03 Å². The Labute approximate surface area is 144 Å². The number of hydrogen-bond donors (Lipinski definition) is 2. The quantitative estimate of drug-likeness (QED) is 0.756. The van der Waals surface area contributed by atoms with Crippen LogP contribution in [0.4, 0.5) is 4.79 Å². The summed E-state index contributed by atoms with van der Waals surface area (Å²) in [6.07, 6.45) is 0. The van der Waals surface area contributed by atoms with Gasteiger partial charge in [-0.25, -0.2) is 4.79 Å². The molecular weight excluding hydrogens is 300 g/mol. The highest BCUT2D eigenvalue weighted by Gasteiger charge is 2.03. The number of benzene rings is 2. The summed E-state index contributed by atoms with van der Waals surface area (Å²) in [4.78, 5) is 11.8. The summed E-state index contributed by atoms with van der Waals surface area (Å²) in [6.45, 7) is 7.79. The van der Waals surface area contributed by atoms with Gasteiger partial charge < -0.3 is 15.4 Å². The van der Waals surface area contributed by atoms with Gasteiger partial charge in [-0.2, -0.15) is 0 Å². The van der Waals surface area contributed by atoms with Crippen LogP contribution in [0.3, 0.4) is 0 Å². The zero-order chi connectivity index (χ0) is 17.4. The van der Waals surface area contributed by atoms with Gasteiger partial charge in [0.25, 0.3) is 0 Å². The van der Waals surface area contributed by atoms with Gasteiger partial charge in [-0.15, -0.1) is 0 Å². The molecule has 2 rings (SSSR count). The van der Waals surface area contributed by atoms with Gasteiger partial charge in [-0.1, -0.05) is 50.2 Å². The van der Waals surface area contributed by atoms with Crippen LogP contribution < -0.4 is 15.4 Å². The number of nitrogens with one attached hydrogen (secondary N) is 2. The van der Waals surface area contributed by atoms with Crippen molar-refractivity contribution in [1.29, 1.82) is 0 Å². The molecule has 0 fully saturated rings. The number of urea groups is 1. The molecule has 128 valence electrons. The van der Waals surface area contributed by atoms with Gasteiger partial charge in [0.1, 0.15) is 12.4 Å². The normalized spacial score (nSPS) is 10.5. The standard InChI is InChI=1S/C20H26N2O2/c1-15(2)17-8-10-19(11-9-17)24-13-12-21-20(23)22-14-18-7-5-4-6-16(18)3/h4-11,15H,12-14H2,1-3H3,(H2,21,22,23). The molecule has 2 amide bonds. The third-order valence-electron chi connectivity index (χ3n) is 3.90. The number of aryl methyl sites for hydroxylation is 1. The fourth-order valence-corrected chi connectivity index (χ4v) is 2.33. The fraction of sp³-hybridized carbons (Fsp3) is 0.350. The van der Waals surface area contributed by atoms with Crippen molar-refractivity contribution in [2.24, 2.45) is 0 Å². The molecule has 4 nitrogen and oxygen atoms in total. The first-order valence-electron chi connectivity index (χ1n) is 8.35. The lowest BCUT2D eigenvalue weighted by Gasteiger charge is -2.11. The predicted molar refractivity (Wildman–Crippen MR) is 97.4 cm³/mol. The van der Waals surface area contributed by atoms with Crippen LogP contribution in [0.5, 0.6) is 5.75 Å². The van der Waals surface area contributed by atoms with Gasteiger partial charge in [0.15, 0.2) is 0 Å². The monoisotopic (exact) mass is 326 g/mol. The number of ether oxygens (including phenoxy) is 1. The van der Waals surface area contributed by atoms with Crippen LogP contribution >= 0.6 is 0 Å². The lowest BCUT2D eigenvalue weighted by Crippen LogP contribution is -2.37. The van der Waals surface area contributed by atoms with Gasteiger partial charge in [0, 0.05) is 6.54 Å². The first kappa shape index (κ1) is 17.9. The number of amides is 2. The molecule has 0 atom stereocenters. The maximum Gasteiger partial charge on any atom is 0.315 e. The fourth-order valence-electron chi connectivity index (χ4n) is 2.33. The summed E-state index contributed by atoms with van der Waals surface area (Å²) in [5.41, 5.74) is 3.58. The Morgan fingerprint density at radius 1 is 1.04 bits per heavy atom. The van der Waals surface area contributed by atoms with Crippen molar-refractivity contribution in [1.82, 2.24) is 10.6 Å². The minimum Gasteiger partial charge on any atom is -0.492 e. The molecule has 0 spiro atoms. The largest absolute Gasteiger partial charge is 0.492 e. The van der Waals surface area contributed by atoms with Gasteiger partial charge in [0.2, 0.25) is 0 Å². The number of hydrogen-bond acceptors (Lipinski definition) is 2. The van der Waals surface area contributed by atoms with E-state index in [0.717, 1.165) is 11.3 Å². The summed E-state index contributed by atoms with van der Waals surface area (Å²) >= 11 is 0. The Kier molecular flexibility index (Phi) is 6.67. The molecule has 0 bridgehead atoms. The van der Waals surface area contributed by atoms with Gasteiger partial charge in [-0.3, -0.25) is 0 Å². The predicted octanol–water partition coefficient (Wildman–Crippen LogP) is 4.00. The molecule has 0 aliphatic rings. The number of carbonyl (C=O) groups is 1. The van der Waals surface area contributed by atoms with Crippen molar-refractivity contribution in [2.45, 2.75) is 33.2 Å². The van der Waals surface area contributed by atoms with E-state index in [2.05, 4.69) is 36.6 Å². The first-order valence-corrected chi connectivity index (χ1v) is 8.35. The van der Waals surface area contributed by atoms with E-state index in [4.69, 9.17) is 4.74 Å². The molecule has 0 aromatic heterocycles. The summed E-state index contributed by atoms with van der Waals surface area (Å²) < 4.78 is 5.63. The van der Waals surface area contributed by atoms with Crippen LogP contribution in [0.2, 0.25) is 0 Å². The molecule has 2 N–H and O–H groups in total. The maximum absolute atomic E-state index is 11.8. The third kappa shape index (κ3) is 5.61. The molecule has 0 saturated carbocycles. The highest BCUT2D eigenvalue weighted by molar-refractivity contribution is 5.73. The van der Waals surface area contributed by atoms with E-state index in [9.17, 15) is 4.79 Å². The van der Waals surface area contributed by atoms with E-state index in [0.29, 0.717) is 25.6 Å². The second kappa shape index (κ2) is 8.96. The third-order valence-corrected chi connectivity index (χ3v) is 3.90. The molecule has 2 aromatic rings. The Morgan fingerprint density at radius 3 is 2.42 bits per heavy atom. The summed E-state index contributed by atoms with van der Waals surface area (Å²) in [5.74, 6) is 1.33. The molecular formula is C20H26N2O2. The van der Waals surface area contributed by atoms with Gasteiger partial charge in [0.05, 0.1) is 6.54 Å². The van der Waals surface area contributed by atoms with Crippen LogP contribution in [0.1, 0.15) is 36.5 Å². The van der Waals surface area contributed by atoms with Gasteiger partial charge >= 0.3 is 6.03 Å². The zero-order valence-electron chi connectivity index (χ0n) is 14.6. The Bertz CT molecular complexity index is 651. The Hall–Kier alpha value is -2.49. The molecule has 0 saturated heterocycles. The van der Waals surface area contributed by atoms with Crippen molar-refractivity contribution < 1.29 is 9.53 Å². The van der Waals surface area contributed by atoms with Crippen LogP contribution in [-0.4, -0.2) is 19.2 Å². The SMILES string of the molecule is Cc1ccccc1CNC(=O)NCCOc1ccc(C(C)C)cc1. The second-order valence-electron chi connectivity index (χ2n) is 6.11. The average molecular weight is 326 g/mol. The number of carbonyl (C=O) groups excluding carboxylic acids is 1. The van der Waals surface area contributed by atoms with Crippen LogP contribution in [0.25, 0.3) is 0 Å². The van der Waals surface area contributed by atoms with E-state index < -0.39 is 0 Å². The van der Waals surface area contributed by atoms with Crippen LogP contribution in [0, 0.1) is 6.92 Å². The highest BCUT2D eigenvalue weighted by Crippen LogP contribution is 2.18. The lowest BCUT2D eigenvalue weighted by molar-refractivity contribution is 0.236. The molecule has 4 heteroatoms. The minimum atomic E-state index is -0.183. The smallest absolute Gasteiger partial charge is 0.315 e. The van der Waals surface area contributed by atoms with Crippen LogP contribution in [-0.2, 0) is 6.54 Å². The topological polar surface area (TPSA) is 50.4 Å². The van der Waals surface area contributed by atoms with Crippen LogP contribution in [0.15, 0.2) is 48.5 Å². The van der Waals surface area contributed by atoms with Gasteiger partial charge in [-0.05, 0) is 41.7 Å². The lowest BCUT2D eigenvalue weighted by atomic mass is 10.0. The molecule has 0 unspecified atom stereocenters. The molecule has 24 heavy (non-hydrogen) atoms. The summed E-state index contributed by atoms with van der Waals surface area (Å²) in [5, 5.41) is 5.65. The van der Waals surface area contributed by atoms with E-state index >= 15 is 0 Å². The maximum atomic E-state index is 11.8. The van der Waals surface area contributed by atoms with Crippen molar-refractivity contribution in [3.8, 4) is 5.75 Å². The summed E-state index contributed by atoms with van der Waals surface area (Å²) in [6, 6.07) is 15.9. The molecule has 0 heterocycles. The first-order chi connectivity index (χ1) is 11.6. The summed E-state index contributed by atoms with van der Waals surface area (Å²) in [7, 11) is 0. The zero-order valence-corrected chi connectivity index (χ0v) is 14.6. The molecule has 0 radical (unpaired) electrons. The molecule has 2 aromatic carbocycles. The van der Waals surface area contributed by atoms with E-state index in [1.54, 1.807) is 0 Å². The Balaban J connectivity index is 1.65. The van der Waals surface area contributed by atoms with Crippen molar-refractivity contribution in [2.75, 3.05) is 13.2 Å². The van der Waals surface area contributed by atoms with E-state index in [1.807, 2.05) is 43.3 Å². The van der Waals surface area contributed by atoms with E-state index in [1.165, 1.54) is 11.1 Å². The number of rotatable bonds is 7. The van der Waals surface area contributed by atoms with E-state index in [-0.39, 0.29) is 6.03 Å². The highest BCUT2D eigenvalue weighted by atomic mass is 16.5. The Morgan fingerprint density at radius 2 is 1.75 bits per heavy atom. The second-order valence-corrected chi connectivity index (χ2v) is 6.11. The molecule has 0 aliphatic heterocycles. The van der Waals surface area contributed by atoms with Crippen molar-refractivity contribution in [3.63, 3.8) is 0 Å². The van der Waals surface area contributed by atoms with Crippen molar-refractivity contribution in [3.05, 3.63) is 65.2 Å². The average Bonchev–Trinajstić information content (AvgIpc) is 2.58. The molecule has 0 aliphatic carbocycles. The minimum absolute atomic E-state index is 0.183.